The lowest BCUT2D eigenvalue weighted by molar-refractivity contribution is 0.0345. The Kier molecular flexibility index (Phi) is 4.58. The third kappa shape index (κ3) is 3.52. The van der Waals surface area contributed by atoms with Crippen molar-refractivity contribution >= 4 is 0 Å². The minimum atomic E-state index is 0.605. The molecule has 1 aliphatic rings. The number of nitrogens with zero attached hydrogens (tertiary/aromatic N) is 1. The molecule has 1 atom stereocenters. The number of rotatable bonds is 4. The van der Waals surface area contributed by atoms with Gasteiger partial charge in [0, 0.05) is 25.7 Å². The van der Waals surface area contributed by atoms with Crippen LogP contribution in [0.1, 0.15) is 13.8 Å². The normalized spacial score (nSPS) is 22.5. The van der Waals surface area contributed by atoms with Crippen LogP contribution in [0.2, 0.25) is 0 Å². The molecule has 0 aliphatic carbocycles. The van der Waals surface area contributed by atoms with E-state index in [2.05, 4.69) is 24.1 Å². The zero-order valence-corrected chi connectivity index (χ0v) is 8.18. The summed E-state index contributed by atoms with van der Waals surface area (Å²) in [7, 11) is 0. The van der Waals surface area contributed by atoms with Crippen LogP contribution >= 0.6 is 0 Å². The summed E-state index contributed by atoms with van der Waals surface area (Å²) in [6.45, 7) is 10.6. The average molecular weight is 172 g/mol. The van der Waals surface area contributed by atoms with Crippen LogP contribution in [0.25, 0.3) is 0 Å². The third-order valence-electron chi connectivity index (χ3n) is 2.19. The predicted molar refractivity (Wildman–Crippen MR) is 50.4 cm³/mol. The van der Waals surface area contributed by atoms with E-state index in [1.807, 2.05) is 0 Å². The summed E-state index contributed by atoms with van der Waals surface area (Å²) in [5.41, 5.74) is 0. The first-order valence-electron chi connectivity index (χ1n) is 4.86. The molecule has 1 heterocycles. The number of hydrogen-bond acceptors (Lipinski definition) is 3. The van der Waals surface area contributed by atoms with Gasteiger partial charge >= 0.3 is 0 Å². The van der Waals surface area contributed by atoms with Crippen molar-refractivity contribution in [2.75, 3.05) is 39.4 Å². The number of nitrogens with one attached hydrogen (secondary N) is 1. The van der Waals surface area contributed by atoms with E-state index in [-0.39, 0.29) is 0 Å². The summed E-state index contributed by atoms with van der Waals surface area (Å²) in [6, 6.07) is 0.605. The fourth-order valence-electron chi connectivity index (χ4n) is 1.58. The molecular weight excluding hydrogens is 152 g/mol. The summed E-state index contributed by atoms with van der Waals surface area (Å²) in [5.74, 6) is 0. The quantitative estimate of drug-likeness (QED) is 0.661. The molecule has 1 saturated heterocycles. The summed E-state index contributed by atoms with van der Waals surface area (Å²) in [5, 5.41) is 3.41. The Morgan fingerprint density at radius 3 is 2.67 bits per heavy atom. The van der Waals surface area contributed by atoms with Crippen LogP contribution in [-0.2, 0) is 4.74 Å². The highest BCUT2D eigenvalue weighted by molar-refractivity contribution is 4.68. The van der Waals surface area contributed by atoms with Crippen LogP contribution in [0.15, 0.2) is 0 Å². The van der Waals surface area contributed by atoms with Gasteiger partial charge in [-0.1, -0.05) is 6.92 Å². The Hall–Kier alpha value is -0.120. The second-order valence-electron chi connectivity index (χ2n) is 3.37. The second kappa shape index (κ2) is 5.51. The van der Waals surface area contributed by atoms with E-state index in [1.165, 1.54) is 0 Å². The molecule has 3 nitrogen and oxygen atoms in total. The van der Waals surface area contributed by atoms with Crippen LogP contribution in [0, 0.1) is 0 Å². The van der Waals surface area contributed by atoms with Gasteiger partial charge in [0.2, 0.25) is 0 Å². The van der Waals surface area contributed by atoms with E-state index in [9.17, 15) is 0 Å². The van der Waals surface area contributed by atoms with Gasteiger partial charge < -0.3 is 10.1 Å². The Morgan fingerprint density at radius 2 is 2.08 bits per heavy atom. The first kappa shape index (κ1) is 9.96. The SMILES string of the molecule is CCNC(C)CN1CCOCC1. The standard InChI is InChI=1S/C9H20N2O/c1-3-10-9(2)8-11-4-6-12-7-5-11/h9-10H,3-8H2,1-2H3. The van der Waals surface area contributed by atoms with Crippen molar-refractivity contribution in [2.24, 2.45) is 0 Å². The largest absolute Gasteiger partial charge is 0.379 e. The lowest BCUT2D eigenvalue weighted by Gasteiger charge is -2.29. The molecule has 1 rings (SSSR count). The lowest BCUT2D eigenvalue weighted by Crippen LogP contribution is -2.44. The maximum Gasteiger partial charge on any atom is 0.0594 e. The van der Waals surface area contributed by atoms with E-state index >= 15 is 0 Å². The van der Waals surface area contributed by atoms with Gasteiger partial charge in [-0.25, -0.2) is 0 Å². The van der Waals surface area contributed by atoms with Crippen molar-refractivity contribution < 1.29 is 4.74 Å². The van der Waals surface area contributed by atoms with Crippen molar-refractivity contribution in [1.29, 1.82) is 0 Å². The van der Waals surface area contributed by atoms with Gasteiger partial charge in [0.25, 0.3) is 0 Å². The molecule has 1 aliphatic heterocycles. The Labute approximate surface area is 75.1 Å². The molecule has 0 spiro atoms. The van der Waals surface area contributed by atoms with Gasteiger partial charge in [-0.2, -0.15) is 0 Å². The fourth-order valence-corrected chi connectivity index (χ4v) is 1.58. The third-order valence-corrected chi connectivity index (χ3v) is 2.19. The Bertz CT molecular complexity index is 113. The Morgan fingerprint density at radius 1 is 1.42 bits per heavy atom. The molecule has 1 N–H and O–H groups in total. The highest BCUT2D eigenvalue weighted by Gasteiger charge is 2.12. The van der Waals surface area contributed by atoms with Gasteiger partial charge in [-0.3, -0.25) is 4.90 Å². The van der Waals surface area contributed by atoms with Crippen LogP contribution in [-0.4, -0.2) is 50.3 Å². The monoisotopic (exact) mass is 172 g/mol. The van der Waals surface area contributed by atoms with Crippen molar-refractivity contribution in [2.45, 2.75) is 19.9 Å². The molecule has 0 amide bonds. The molecule has 72 valence electrons. The average Bonchev–Trinajstić information content (AvgIpc) is 2.06. The number of morpholine rings is 1. The first-order chi connectivity index (χ1) is 5.83. The van der Waals surface area contributed by atoms with Crippen LogP contribution in [0.4, 0.5) is 0 Å². The summed E-state index contributed by atoms with van der Waals surface area (Å²) in [4.78, 5) is 2.46. The maximum atomic E-state index is 5.28. The summed E-state index contributed by atoms with van der Waals surface area (Å²) >= 11 is 0. The van der Waals surface area contributed by atoms with Crippen molar-refractivity contribution in [3.63, 3.8) is 0 Å². The molecule has 0 radical (unpaired) electrons. The molecule has 1 fully saturated rings. The highest BCUT2D eigenvalue weighted by Crippen LogP contribution is 1.97. The number of ether oxygens (including phenoxy) is 1. The molecule has 3 heteroatoms. The molecule has 12 heavy (non-hydrogen) atoms. The minimum Gasteiger partial charge on any atom is -0.379 e. The first-order valence-corrected chi connectivity index (χ1v) is 4.86. The summed E-state index contributed by atoms with van der Waals surface area (Å²) < 4.78 is 5.28. The van der Waals surface area contributed by atoms with E-state index in [0.29, 0.717) is 6.04 Å². The van der Waals surface area contributed by atoms with E-state index in [0.717, 1.165) is 39.4 Å². The molecule has 0 aromatic carbocycles. The van der Waals surface area contributed by atoms with Gasteiger partial charge in [0.1, 0.15) is 0 Å². The molecule has 0 aromatic heterocycles. The predicted octanol–water partition coefficient (Wildman–Crippen LogP) is 0.317. The topological polar surface area (TPSA) is 24.5 Å². The smallest absolute Gasteiger partial charge is 0.0594 e. The summed E-state index contributed by atoms with van der Waals surface area (Å²) in [6.07, 6.45) is 0. The van der Waals surface area contributed by atoms with Gasteiger partial charge in [-0.15, -0.1) is 0 Å². The van der Waals surface area contributed by atoms with E-state index in [1.54, 1.807) is 0 Å². The molecule has 0 bridgehead atoms. The highest BCUT2D eigenvalue weighted by atomic mass is 16.5. The number of likely N-dealkylation sites (N-methyl/N-ethyl adjacent to an activating group) is 1. The zero-order chi connectivity index (χ0) is 8.81. The van der Waals surface area contributed by atoms with Crippen molar-refractivity contribution in [3.8, 4) is 0 Å². The zero-order valence-electron chi connectivity index (χ0n) is 8.18. The lowest BCUT2D eigenvalue weighted by atomic mass is 10.3. The van der Waals surface area contributed by atoms with E-state index in [4.69, 9.17) is 4.74 Å². The van der Waals surface area contributed by atoms with Crippen LogP contribution < -0.4 is 5.32 Å². The molecule has 0 aromatic rings. The van der Waals surface area contributed by atoms with Gasteiger partial charge in [-0.05, 0) is 13.5 Å². The molecule has 0 saturated carbocycles. The van der Waals surface area contributed by atoms with Gasteiger partial charge in [0.05, 0.1) is 13.2 Å². The molecular formula is C9H20N2O. The van der Waals surface area contributed by atoms with Crippen molar-refractivity contribution in [3.05, 3.63) is 0 Å². The van der Waals surface area contributed by atoms with Gasteiger partial charge in [0.15, 0.2) is 0 Å². The van der Waals surface area contributed by atoms with Crippen LogP contribution in [0.5, 0.6) is 0 Å². The second-order valence-corrected chi connectivity index (χ2v) is 3.37. The molecule has 1 unspecified atom stereocenters. The number of hydrogen-bond donors (Lipinski definition) is 1. The maximum absolute atomic E-state index is 5.28. The Balaban J connectivity index is 2.11. The fraction of sp³-hybridized carbons (Fsp3) is 1.00. The van der Waals surface area contributed by atoms with Crippen molar-refractivity contribution in [1.82, 2.24) is 10.2 Å². The van der Waals surface area contributed by atoms with E-state index < -0.39 is 0 Å². The minimum absolute atomic E-state index is 0.605. The van der Waals surface area contributed by atoms with Crippen LogP contribution in [0.3, 0.4) is 0 Å².